The highest BCUT2D eigenvalue weighted by Gasteiger charge is 2.27. The van der Waals surface area contributed by atoms with Crippen LogP contribution in [0.5, 0.6) is 11.5 Å². The van der Waals surface area contributed by atoms with Crippen LogP contribution in [0.15, 0.2) is 48.5 Å². The molecule has 2 rings (SSSR count). The lowest BCUT2D eigenvalue weighted by molar-refractivity contribution is -0.142. The molecule has 0 bridgehead atoms. The molecule has 180 valence electrons. The number of nitrogens with one attached hydrogen (secondary N) is 1. The zero-order valence-electron chi connectivity index (χ0n) is 21.0. The van der Waals surface area contributed by atoms with Gasteiger partial charge in [0.1, 0.15) is 17.5 Å². The summed E-state index contributed by atoms with van der Waals surface area (Å²) >= 11 is 0. The monoisotopic (exact) mass is 454 g/mol. The predicted molar refractivity (Wildman–Crippen MR) is 131 cm³/mol. The Labute approximate surface area is 198 Å². The minimum Gasteiger partial charge on any atom is -0.497 e. The summed E-state index contributed by atoms with van der Waals surface area (Å²) in [4.78, 5) is 27.7. The number of nitrogens with zero attached hydrogens (tertiary/aromatic N) is 1. The second kappa shape index (κ2) is 11.7. The summed E-state index contributed by atoms with van der Waals surface area (Å²) in [6.45, 7) is 12.8. The van der Waals surface area contributed by atoms with Crippen molar-refractivity contribution in [2.24, 2.45) is 5.92 Å². The quantitative estimate of drug-likeness (QED) is 0.571. The Balaban J connectivity index is 2.23. The van der Waals surface area contributed by atoms with Crippen molar-refractivity contribution in [3.8, 4) is 11.5 Å². The Morgan fingerprint density at radius 3 is 2.36 bits per heavy atom. The third kappa shape index (κ3) is 7.81. The van der Waals surface area contributed by atoms with Gasteiger partial charge in [0, 0.05) is 13.1 Å². The lowest BCUT2D eigenvalue weighted by Gasteiger charge is -2.29. The zero-order chi connectivity index (χ0) is 24.6. The van der Waals surface area contributed by atoms with E-state index in [0.29, 0.717) is 24.0 Å². The number of ether oxygens (including phenoxy) is 2. The van der Waals surface area contributed by atoms with Gasteiger partial charge in [0.25, 0.3) is 5.91 Å². The van der Waals surface area contributed by atoms with E-state index >= 15 is 0 Å². The van der Waals surface area contributed by atoms with Crippen LogP contribution in [0.25, 0.3) is 0 Å². The summed E-state index contributed by atoms with van der Waals surface area (Å²) in [5, 5.41) is 2.93. The molecule has 0 saturated carbocycles. The number of amides is 2. The number of hydrogen-bond acceptors (Lipinski definition) is 4. The largest absolute Gasteiger partial charge is 0.497 e. The van der Waals surface area contributed by atoms with Gasteiger partial charge in [-0.2, -0.15) is 0 Å². The Morgan fingerprint density at radius 1 is 1.03 bits per heavy atom. The van der Waals surface area contributed by atoms with Crippen molar-refractivity contribution in [3.05, 3.63) is 59.7 Å². The van der Waals surface area contributed by atoms with E-state index in [1.54, 1.807) is 18.9 Å². The van der Waals surface area contributed by atoms with Crippen molar-refractivity contribution < 1.29 is 19.1 Å². The third-order valence-electron chi connectivity index (χ3n) is 5.39. The second-order valence-electron chi connectivity index (χ2n) is 9.72. The average molecular weight is 455 g/mol. The molecule has 0 radical (unpaired) electrons. The molecule has 0 aliphatic rings. The van der Waals surface area contributed by atoms with Gasteiger partial charge in [-0.05, 0) is 47.6 Å². The molecule has 6 nitrogen and oxygen atoms in total. The summed E-state index contributed by atoms with van der Waals surface area (Å²) in [5.41, 5.74) is 1.78. The first-order valence-corrected chi connectivity index (χ1v) is 11.4. The van der Waals surface area contributed by atoms with Gasteiger partial charge in [0.15, 0.2) is 6.61 Å². The van der Waals surface area contributed by atoms with Crippen LogP contribution in [-0.2, 0) is 21.5 Å². The van der Waals surface area contributed by atoms with Gasteiger partial charge in [0.2, 0.25) is 5.91 Å². The SMILES string of the molecule is COc1cccc(CN(C(=O)COc2ccccc2C(C)(C)C)[C@@H](C)C(=O)NCC(C)C)c1. The summed E-state index contributed by atoms with van der Waals surface area (Å²) in [6, 6.07) is 14.6. The van der Waals surface area contributed by atoms with E-state index in [1.165, 1.54) is 0 Å². The molecule has 33 heavy (non-hydrogen) atoms. The summed E-state index contributed by atoms with van der Waals surface area (Å²) in [5.74, 6) is 1.26. The molecular weight excluding hydrogens is 416 g/mol. The summed E-state index contributed by atoms with van der Waals surface area (Å²) < 4.78 is 11.3. The molecule has 2 aromatic rings. The lowest BCUT2D eigenvalue weighted by Crippen LogP contribution is -2.49. The van der Waals surface area contributed by atoms with Crippen molar-refractivity contribution in [2.75, 3.05) is 20.3 Å². The highest BCUT2D eigenvalue weighted by Crippen LogP contribution is 2.31. The molecule has 0 aromatic heterocycles. The van der Waals surface area contributed by atoms with Crippen LogP contribution in [0, 0.1) is 5.92 Å². The standard InChI is InChI=1S/C27H38N2O4/c1-19(2)16-28-26(31)20(3)29(17-21-11-10-12-22(15-21)32-7)25(30)18-33-24-14-9-8-13-23(24)27(4,5)6/h8-15,19-20H,16-18H2,1-7H3,(H,28,31)/t20-/m0/s1. The summed E-state index contributed by atoms with van der Waals surface area (Å²) in [7, 11) is 1.60. The van der Waals surface area contributed by atoms with Crippen molar-refractivity contribution >= 4 is 11.8 Å². The first-order valence-electron chi connectivity index (χ1n) is 11.4. The first-order chi connectivity index (χ1) is 15.5. The van der Waals surface area contributed by atoms with E-state index in [-0.39, 0.29) is 30.4 Å². The van der Waals surface area contributed by atoms with Crippen LogP contribution in [0.2, 0.25) is 0 Å². The smallest absolute Gasteiger partial charge is 0.261 e. The fourth-order valence-corrected chi connectivity index (χ4v) is 3.44. The number of carbonyl (C=O) groups excluding carboxylic acids is 2. The highest BCUT2D eigenvalue weighted by molar-refractivity contribution is 5.88. The van der Waals surface area contributed by atoms with Crippen molar-refractivity contribution in [1.82, 2.24) is 10.2 Å². The Kier molecular flexibility index (Phi) is 9.32. The molecule has 0 aliphatic heterocycles. The molecule has 1 atom stereocenters. The Morgan fingerprint density at radius 2 is 1.73 bits per heavy atom. The number of benzene rings is 2. The van der Waals surface area contributed by atoms with Gasteiger partial charge in [0.05, 0.1) is 7.11 Å². The van der Waals surface area contributed by atoms with E-state index in [0.717, 1.165) is 11.1 Å². The molecule has 0 aliphatic carbocycles. The normalized spacial score (nSPS) is 12.2. The molecule has 2 aromatic carbocycles. The minimum atomic E-state index is -0.649. The molecule has 2 amide bonds. The van der Waals surface area contributed by atoms with Crippen molar-refractivity contribution in [2.45, 2.75) is 59.5 Å². The molecule has 6 heteroatoms. The third-order valence-corrected chi connectivity index (χ3v) is 5.39. The fourth-order valence-electron chi connectivity index (χ4n) is 3.44. The van der Waals surface area contributed by atoms with Crippen LogP contribution in [-0.4, -0.2) is 43.0 Å². The molecule has 0 fully saturated rings. The summed E-state index contributed by atoms with van der Waals surface area (Å²) in [6.07, 6.45) is 0. The molecular formula is C27H38N2O4. The van der Waals surface area contributed by atoms with Gasteiger partial charge in [-0.15, -0.1) is 0 Å². The van der Waals surface area contributed by atoms with Crippen LogP contribution in [0.4, 0.5) is 0 Å². The van der Waals surface area contributed by atoms with Gasteiger partial charge in [-0.1, -0.05) is 65.0 Å². The van der Waals surface area contributed by atoms with Gasteiger partial charge < -0.3 is 19.7 Å². The van der Waals surface area contributed by atoms with E-state index in [2.05, 4.69) is 26.1 Å². The molecule has 0 unspecified atom stereocenters. The minimum absolute atomic E-state index is 0.121. The van der Waals surface area contributed by atoms with E-state index in [4.69, 9.17) is 9.47 Å². The highest BCUT2D eigenvalue weighted by atomic mass is 16.5. The van der Waals surface area contributed by atoms with Crippen LogP contribution < -0.4 is 14.8 Å². The van der Waals surface area contributed by atoms with E-state index in [1.807, 2.05) is 62.4 Å². The zero-order valence-corrected chi connectivity index (χ0v) is 21.0. The van der Waals surface area contributed by atoms with E-state index < -0.39 is 6.04 Å². The van der Waals surface area contributed by atoms with Crippen LogP contribution in [0.1, 0.15) is 52.7 Å². The van der Waals surface area contributed by atoms with Crippen LogP contribution in [0.3, 0.4) is 0 Å². The maximum absolute atomic E-state index is 13.3. The van der Waals surface area contributed by atoms with E-state index in [9.17, 15) is 9.59 Å². The topological polar surface area (TPSA) is 67.9 Å². The predicted octanol–water partition coefficient (Wildman–Crippen LogP) is 4.56. The van der Waals surface area contributed by atoms with Crippen molar-refractivity contribution in [1.29, 1.82) is 0 Å². The van der Waals surface area contributed by atoms with Gasteiger partial charge in [-0.25, -0.2) is 0 Å². The fraction of sp³-hybridized carbons (Fsp3) is 0.481. The number of methoxy groups -OCH3 is 1. The van der Waals surface area contributed by atoms with Crippen LogP contribution >= 0.6 is 0 Å². The molecule has 0 heterocycles. The number of carbonyl (C=O) groups is 2. The average Bonchev–Trinajstić information content (AvgIpc) is 2.78. The first kappa shape index (κ1) is 26.2. The van der Waals surface area contributed by atoms with Gasteiger partial charge in [-0.3, -0.25) is 9.59 Å². The van der Waals surface area contributed by atoms with Crippen molar-refractivity contribution in [3.63, 3.8) is 0 Å². The number of para-hydroxylation sites is 1. The van der Waals surface area contributed by atoms with Gasteiger partial charge >= 0.3 is 0 Å². The maximum atomic E-state index is 13.3. The Hall–Kier alpha value is -3.02. The molecule has 1 N–H and O–H groups in total. The Bertz CT molecular complexity index is 934. The maximum Gasteiger partial charge on any atom is 0.261 e. The number of rotatable bonds is 10. The molecule has 0 saturated heterocycles. The second-order valence-corrected chi connectivity index (χ2v) is 9.72. The number of hydrogen-bond donors (Lipinski definition) is 1. The molecule has 0 spiro atoms. The lowest BCUT2D eigenvalue weighted by atomic mass is 9.86.